The van der Waals surface area contributed by atoms with Gasteiger partial charge >= 0.3 is 7.12 Å². The zero-order valence-corrected chi connectivity index (χ0v) is 13.3. The number of nitrogens with zero attached hydrogens (tertiary/aromatic N) is 3. The van der Waals surface area contributed by atoms with Gasteiger partial charge < -0.3 is 14.2 Å². The van der Waals surface area contributed by atoms with Crippen LogP contribution in [0.2, 0.25) is 0 Å². The number of hydrogen-bond acceptors (Lipinski definition) is 5. The van der Waals surface area contributed by atoms with Gasteiger partial charge in [-0.3, -0.25) is 0 Å². The Hall–Kier alpha value is -1.14. The largest absolute Gasteiger partial charge is 0.498 e. The third-order valence-electron chi connectivity index (χ3n) is 4.23. The summed E-state index contributed by atoms with van der Waals surface area (Å²) in [5.41, 5.74) is 0.185. The summed E-state index contributed by atoms with van der Waals surface area (Å²) in [5.74, 6) is 0.746. The molecule has 110 valence electrons. The van der Waals surface area contributed by atoms with E-state index in [1.807, 2.05) is 27.7 Å². The lowest BCUT2D eigenvalue weighted by Gasteiger charge is -2.32. The predicted molar refractivity (Wildman–Crippen MR) is 81.3 cm³/mol. The smallest absolute Gasteiger partial charge is 0.399 e. The molecular weight excluding hydrogens is 253 g/mol. The van der Waals surface area contributed by atoms with Gasteiger partial charge in [-0.2, -0.15) is 0 Å². The molecular formula is C14H24BN3O2. The summed E-state index contributed by atoms with van der Waals surface area (Å²) in [7, 11) is -0.397. The Labute approximate surface area is 121 Å². The van der Waals surface area contributed by atoms with Crippen LogP contribution in [0.15, 0.2) is 12.4 Å². The molecule has 1 saturated heterocycles. The molecule has 0 amide bonds. The van der Waals surface area contributed by atoms with Crippen molar-refractivity contribution < 1.29 is 9.31 Å². The molecule has 0 saturated carbocycles. The Balaban J connectivity index is 2.16. The molecule has 1 aromatic rings. The zero-order valence-electron chi connectivity index (χ0n) is 13.3. The van der Waals surface area contributed by atoms with Crippen molar-refractivity contribution in [2.24, 2.45) is 0 Å². The number of anilines is 1. The molecule has 1 fully saturated rings. The van der Waals surface area contributed by atoms with Crippen molar-refractivity contribution in [2.75, 3.05) is 18.0 Å². The molecule has 2 rings (SSSR count). The van der Waals surface area contributed by atoms with Gasteiger partial charge in [-0.15, -0.1) is 0 Å². The van der Waals surface area contributed by atoms with Gasteiger partial charge in [0.05, 0.1) is 11.2 Å². The quantitative estimate of drug-likeness (QED) is 0.783. The Morgan fingerprint density at radius 3 is 1.85 bits per heavy atom. The maximum Gasteiger partial charge on any atom is 0.498 e. The number of hydrogen-bond donors (Lipinski definition) is 0. The first-order chi connectivity index (χ1) is 9.30. The Morgan fingerprint density at radius 2 is 1.45 bits per heavy atom. The highest BCUT2D eigenvalue weighted by molar-refractivity contribution is 6.61. The van der Waals surface area contributed by atoms with Crippen LogP contribution >= 0.6 is 0 Å². The lowest BCUT2D eigenvalue weighted by molar-refractivity contribution is 0.00578. The van der Waals surface area contributed by atoms with Gasteiger partial charge in [0, 0.05) is 30.9 Å². The average molecular weight is 277 g/mol. The summed E-state index contributed by atoms with van der Waals surface area (Å²) in [4.78, 5) is 10.9. The van der Waals surface area contributed by atoms with Crippen molar-refractivity contribution in [1.29, 1.82) is 0 Å². The van der Waals surface area contributed by atoms with Crippen LogP contribution in [0.3, 0.4) is 0 Å². The van der Waals surface area contributed by atoms with Gasteiger partial charge in [-0.25, -0.2) is 9.97 Å². The minimum atomic E-state index is -0.397. The van der Waals surface area contributed by atoms with Crippen LogP contribution in [0.5, 0.6) is 0 Å². The fourth-order valence-electron chi connectivity index (χ4n) is 2.10. The SMILES string of the molecule is CCN(CC)c1ncc(B2OC(C)(C)C(C)(C)O2)cn1. The predicted octanol–water partition coefficient (Wildman–Crippen LogP) is 1.62. The standard InChI is InChI=1S/C14H24BN3O2/c1-7-18(8-2)12-16-9-11(10-17-12)15-19-13(3,4)14(5,6)20-15/h9-10H,7-8H2,1-6H3. The highest BCUT2D eigenvalue weighted by atomic mass is 16.7. The first-order valence-corrected chi connectivity index (χ1v) is 7.23. The molecule has 0 atom stereocenters. The molecule has 0 bridgehead atoms. The molecule has 20 heavy (non-hydrogen) atoms. The number of aromatic nitrogens is 2. The molecule has 5 nitrogen and oxygen atoms in total. The van der Waals surface area contributed by atoms with E-state index in [0.29, 0.717) is 0 Å². The third kappa shape index (κ3) is 2.67. The first-order valence-electron chi connectivity index (χ1n) is 7.23. The maximum atomic E-state index is 5.99. The molecule has 0 spiro atoms. The maximum absolute atomic E-state index is 5.99. The molecule has 2 heterocycles. The van der Waals surface area contributed by atoms with Crippen molar-refractivity contribution in [3.8, 4) is 0 Å². The van der Waals surface area contributed by atoms with E-state index < -0.39 is 7.12 Å². The van der Waals surface area contributed by atoms with Crippen molar-refractivity contribution in [2.45, 2.75) is 52.7 Å². The van der Waals surface area contributed by atoms with E-state index in [-0.39, 0.29) is 11.2 Å². The van der Waals surface area contributed by atoms with Gasteiger partial charge in [0.25, 0.3) is 0 Å². The van der Waals surface area contributed by atoms with Crippen LogP contribution in [0.1, 0.15) is 41.5 Å². The minimum Gasteiger partial charge on any atom is -0.399 e. The molecule has 1 aliphatic rings. The summed E-state index contributed by atoms with van der Waals surface area (Å²) < 4.78 is 12.0. The normalized spacial score (nSPS) is 20.2. The van der Waals surface area contributed by atoms with Crippen molar-refractivity contribution >= 4 is 18.5 Å². The second-order valence-electron chi connectivity index (χ2n) is 6.08. The van der Waals surface area contributed by atoms with Gasteiger partial charge in [-0.1, -0.05) is 0 Å². The summed E-state index contributed by atoms with van der Waals surface area (Å²) in [5, 5.41) is 0. The average Bonchev–Trinajstić information content (AvgIpc) is 2.61. The van der Waals surface area contributed by atoms with Gasteiger partial charge in [-0.05, 0) is 41.5 Å². The lowest BCUT2D eigenvalue weighted by Crippen LogP contribution is -2.41. The molecule has 0 N–H and O–H groups in total. The monoisotopic (exact) mass is 277 g/mol. The molecule has 1 aromatic heterocycles. The van der Waals surface area contributed by atoms with Gasteiger partial charge in [0.1, 0.15) is 0 Å². The molecule has 1 aliphatic heterocycles. The van der Waals surface area contributed by atoms with E-state index in [9.17, 15) is 0 Å². The van der Waals surface area contributed by atoms with Gasteiger partial charge in [0.15, 0.2) is 0 Å². The van der Waals surface area contributed by atoms with Crippen LogP contribution in [-0.4, -0.2) is 41.4 Å². The zero-order chi connectivity index (χ0) is 15.0. The lowest BCUT2D eigenvalue weighted by atomic mass is 9.81. The van der Waals surface area contributed by atoms with E-state index in [1.165, 1.54) is 0 Å². The third-order valence-corrected chi connectivity index (χ3v) is 4.23. The summed E-state index contributed by atoms with van der Waals surface area (Å²) in [6.07, 6.45) is 3.59. The highest BCUT2D eigenvalue weighted by Gasteiger charge is 2.51. The Bertz CT molecular complexity index is 442. The van der Waals surface area contributed by atoms with Crippen molar-refractivity contribution in [3.05, 3.63) is 12.4 Å². The molecule has 0 radical (unpaired) electrons. The van der Waals surface area contributed by atoms with Crippen LogP contribution in [-0.2, 0) is 9.31 Å². The summed E-state index contributed by atoms with van der Waals surface area (Å²) >= 11 is 0. The minimum absolute atomic E-state index is 0.338. The second-order valence-corrected chi connectivity index (χ2v) is 6.08. The number of rotatable bonds is 4. The van der Waals surface area contributed by atoms with Crippen LogP contribution in [0.25, 0.3) is 0 Å². The van der Waals surface area contributed by atoms with Crippen molar-refractivity contribution in [3.63, 3.8) is 0 Å². The van der Waals surface area contributed by atoms with E-state index in [0.717, 1.165) is 24.5 Å². The van der Waals surface area contributed by atoms with E-state index in [2.05, 4.69) is 28.7 Å². The molecule has 0 unspecified atom stereocenters. The molecule has 0 aromatic carbocycles. The fraction of sp³-hybridized carbons (Fsp3) is 0.714. The fourth-order valence-corrected chi connectivity index (χ4v) is 2.10. The van der Waals surface area contributed by atoms with E-state index in [1.54, 1.807) is 12.4 Å². The Kier molecular flexibility index (Phi) is 4.07. The highest BCUT2D eigenvalue weighted by Crippen LogP contribution is 2.36. The van der Waals surface area contributed by atoms with Gasteiger partial charge in [0.2, 0.25) is 5.95 Å². The molecule has 0 aliphatic carbocycles. The molecule has 6 heteroatoms. The van der Waals surface area contributed by atoms with Crippen LogP contribution in [0.4, 0.5) is 5.95 Å². The van der Waals surface area contributed by atoms with Crippen molar-refractivity contribution in [1.82, 2.24) is 9.97 Å². The van der Waals surface area contributed by atoms with E-state index >= 15 is 0 Å². The summed E-state index contributed by atoms with van der Waals surface area (Å²) in [6, 6.07) is 0. The Morgan fingerprint density at radius 1 is 1.00 bits per heavy atom. The second kappa shape index (κ2) is 5.33. The van der Waals surface area contributed by atoms with Crippen LogP contribution in [0, 0.1) is 0 Å². The topological polar surface area (TPSA) is 47.5 Å². The summed E-state index contributed by atoms with van der Waals surface area (Å²) in [6.45, 7) is 14.1. The van der Waals surface area contributed by atoms with Crippen LogP contribution < -0.4 is 10.4 Å². The first kappa shape index (κ1) is 15.3. The van der Waals surface area contributed by atoms with E-state index in [4.69, 9.17) is 9.31 Å².